The minimum absolute atomic E-state index is 0.178. The molecule has 5 nitrogen and oxygen atoms in total. The molecule has 0 atom stereocenters. The van der Waals surface area contributed by atoms with E-state index in [2.05, 4.69) is 23.9 Å². The number of fused-ring (bicyclic) bond motifs is 3. The summed E-state index contributed by atoms with van der Waals surface area (Å²) in [5.41, 5.74) is 6.89. The van der Waals surface area contributed by atoms with Crippen molar-refractivity contribution in [2.45, 2.75) is 46.7 Å². The quantitative estimate of drug-likeness (QED) is 0.759. The second-order valence-electron chi connectivity index (χ2n) is 7.11. The summed E-state index contributed by atoms with van der Waals surface area (Å²) in [6.45, 7) is 8.16. The van der Waals surface area contributed by atoms with Crippen LogP contribution < -0.4 is 0 Å². The molecule has 0 aliphatic carbocycles. The van der Waals surface area contributed by atoms with E-state index in [-0.39, 0.29) is 5.91 Å². The molecule has 1 aliphatic heterocycles. The number of aromatic amines is 1. The van der Waals surface area contributed by atoms with Crippen molar-refractivity contribution >= 4 is 28.4 Å². The van der Waals surface area contributed by atoms with Crippen LogP contribution in [0.1, 0.15) is 34.6 Å². The number of aromatic nitrogens is 3. The predicted octanol–water partition coefficient (Wildman–Crippen LogP) is 3.92. The number of halogens is 1. The number of carbonyl (C=O) groups excluding carboxylic acids is 1. The average Bonchev–Trinajstić information content (AvgIpc) is 3.11. The number of carbonyl (C=O) groups is 1. The molecule has 6 heteroatoms. The van der Waals surface area contributed by atoms with Gasteiger partial charge in [0.15, 0.2) is 0 Å². The van der Waals surface area contributed by atoms with Gasteiger partial charge in [0.1, 0.15) is 0 Å². The molecule has 1 amide bonds. The molecule has 0 saturated carbocycles. The van der Waals surface area contributed by atoms with E-state index in [1.54, 1.807) is 0 Å². The second-order valence-corrected chi connectivity index (χ2v) is 7.54. The molecule has 0 saturated heterocycles. The van der Waals surface area contributed by atoms with Crippen LogP contribution in [-0.4, -0.2) is 32.1 Å². The van der Waals surface area contributed by atoms with Crippen molar-refractivity contribution in [2.24, 2.45) is 0 Å². The molecule has 0 bridgehead atoms. The van der Waals surface area contributed by atoms with Crippen LogP contribution in [0, 0.1) is 20.8 Å². The summed E-state index contributed by atoms with van der Waals surface area (Å²) in [6, 6.07) is 5.91. The summed E-state index contributed by atoms with van der Waals surface area (Å²) in [5.74, 6) is 0.178. The number of nitrogens with zero attached hydrogens (tertiary/aromatic N) is 3. The Morgan fingerprint density at radius 2 is 2.12 bits per heavy atom. The Labute approximate surface area is 157 Å². The van der Waals surface area contributed by atoms with Crippen molar-refractivity contribution in [3.8, 4) is 0 Å². The van der Waals surface area contributed by atoms with E-state index in [0.29, 0.717) is 19.5 Å². The lowest BCUT2D eigenvalue weighted by atomic mass is 10.0. The van der Waals surface area contributed by atoms with Gasteiger partial charge in [-0.2, -0.15) is 5.10 Å². The summed E-state index contributed by atoms with van der Waals surface area (Å²) in [7, 11) is 0. The zero-order valence-corrected chi connectivity index (χ0v) is 16.2. The highest BCUT2D eigenvalue weighted by Crippen LogP contribution is 2.29. The standard InChI is InChI=1S/C20H23ClN4O/c1-12-13(2)23-25(14(12)3)9-7-20(26)24-8-6-16-17-10-15(21)4-5-18(17)22-19(16)11-24/h4-5,10,22H,6-9,11H2,1-3H3. The Morgan fingerprint density at radius 1 is 1.31 bits per heavy atom. The number of hydrogen-bond donors (Lipinski definition) is 1. The van der Waals surface area contributed by atoms with Crippen LogP contribution in [0.15, 0.2) is 18.2 Å². The van der Waals surface area contributed by atoms with Crippen molar-refractivity contribution in [1.29, 1.82) is 0 Å². The number of amides is 1. The average molecular weight is 371 g/mol. The van der Waals surface area contributed by atoms with Gasteiger partial charge in [0.25, 0.3) is 0 Å². The van der Waals surface area contributed by atoms with Gasteiger partial charge in [-0.3, -0.25) is 9.48 Å². The lowest BCUT2D eigenvalue weighted by Gasteiger charge is -2.27. The van der Waals surface area contributed by atoms with Gasteiger partial charge in [-0.05, 0) is 56.5 Å². The van der Waals surface area contributed by atoms with Crippen LogP contribution in [0.4, 0.5) is 0 Å². The number of benzene rings is 1. The Balaban J connectivity index is 1.47. The first-order chi connectivity index (χ1) is 12.4. The highest BCUT2D eigenvalue weighted by Gasteiger charge is 2.24. The minimum Gasteiger partial charge on any atom is -0.357 e. The van der Waals surface area contributed by atoms with E-state index in [9.17, 15) is 4.79 Å². The van der Waals surface area contributed by atoms with Gasteiger partial charge in [0.2, 0.25) is 5.91 Å². The third-order valence-electron chi connectivity index (χ3n) is 5.57. The predicted molar refractivity (Wildman–Crippen MR) is 103 cm³/mol. The first kappa shape index (κ1) is 17.2. The van der Waals surface area contributed by atoms with Crippen molar-refractivity contribution in [2.75, 3.05) is 6.54 Å². The minimum atomic E-state index is 0.178. The van der Waals surface area contributed by atoms with Gasteiger partial charge in [-0.25, -0.2) is 0 Å². The molecule has 4 rings (SSSR count). The van der Waals surface area contributed by atoms with Crippen LogP contribution >= 0.6 is 11.6 Å². The van der Waals surface area contributed by atoms with E-state index in [0.717, 1.165) is 40.6 Å². The first-order valence-electron chi connectivity index (χ1n) is 9.01. The molecule has 0 radical (unpaired) electrons. The molecule has 0 unspecified atom stereocenters. The van der Waals surface area contributed by atoms with Gasteiger partial charge in [0.05, 0.1) is 12.2 Å². The molecule has 26 heavy (non-hydrogen) atoms. The zero-order chi connectivity index (χ0) is 18.4. The number of nitrogens with one attached hydrogen (secondary N) is 1. The number of H-pyrrole nitrogens is 1. The fourth-order valence-electron chi connectivity index (χ4n) is 3.79. The summed E-state index contributed by atoms with van der Waals surface area (Å²) < 4.78 is 1.95. The number of hydrogen-bond acceptors (Lipinski definition) is 2. The van der Waals surface area contributed by atoms with Crippen molar-refractivity contribution in [1.82, 2.24) is 19.7 Å². The lowest BCUT2D eigenvalue weighted by Crippen LogP contribution is -2.36. The maximum atomic E-state index is 12.7. The molecule has 0 spiro atoms. The van der Waals surface area contributed by atoms with Crippen LogP contribution in [0.2, 0.25) is 5.02 Å². The highest BCUT2D eigenvalue weighted by molar-refractivity contribution is 6.31. The zero-order valence-electron chi connectivity index (χ0n) is 15.4. The molecule has 3 heterocycles. The SMILES string of the molecule is Cc1nn(CCC(=O)N2CCc3c([nH]c4ccc(Cl)cc34)C2)c(C)c1C. The first-order valence-corrected chi connectivity index (χ1v) is 9.39. The van der Waals surface area contributed by atoms with Gasteiger partial charge < -0.3 is 9.88 Å². The Kier molecular flexibility index (Phi) is 4.27. The molecule has 2 aromatic heterocycles. The monoisotopic (exact) mass is 370 g/mol. The number of aryl methyl sites for hydroxylation is 2. The fourth-order valence-corrected chi connectivity index (χ4v) is 3.96. The van der Waals surface area contributed by atoms with Gasteiger partial charge in [-0.15, -0.1) is 0 Å². The Hall–Kier alpha value is -2.27. The smallest absolute Gasteiger partial charge is 0.224 e. The largest absolute Gasteiger partial charge is 0.357 e. The van der Waals surface area contributed by atoms with Gasteiger partial charge in [0, 0.05) is 46.8 Å². The molecular weight excluding hydrogens is 348 g/mol. The molecule has 3 aromatic rings. The maximum Gasteiger partial charge on any atom is 0.224 e. The van der Waals surface area contributed by atoms with E-state index in [1.165, 1.54) is 16.5 Å². The summed E-state index contributed by atoms with van der Waals surface area (Å²) >= 11 is 6.14. The maximum absolute atomic E-state index is 12.7. The molecule has 1 aliphatic rings. The van der Waals surface area contributed by atoms with Crippen LogP contribution in [0.25, 0.3) is 10.9 Å². The topological polar surface area (TPSA) is 53.9 Å². The van der Waals surface area contributed by atoms with E-state index >= 15 is 0 Å². The summed E-state index contributed by atoms with van der Waals surface area (Å²) in [5, 5.41) is 6.45. The molecule has 136 valence electrons. The van der Waals surface area contributed by atoms with Crippen molar-refractivity contribution in [3.63, 3.8) is 0 Å². The van der Waals surface area contributed by atoms with Crippen LogP contribution in [0.5, 0.6) is 0 Å². The third-order valence-corrected chi connectivity index (χ3v) is 5.81. The number of rotatable bonds is 3. The van der Waals surface area contributed by atoms with Crippen LogP contribution in [-0.2, 0) is 24.3 Å². The van der Waals surface area contributed by atoms with E-state index in [1.807, 2.05) is 34.7 Å². The molecular formula is C20H23ClN4O. The Morgan fingerprint density at radius 3 is 2.85 bits per heavy atom. The fraction of sp³-hybridized carbons (Fsp3) is 0.400. The van der Waals surface area contributed by atoms with Crippen molar-refractivity contribution < 1.29 is 4.79 Å². The summed E-state index contributed by atoms with van der Waals surface area (Å²) in [4.78, 5) is 18.1. The molecule has 0 fully saturated rings. The van der Waals surface area contributed by atoms with E-state index < -0.39 is 0 Å². The van der Waals surface area contributed by atoms with Gasteiger partial charge >= 0.3 is 0 Å². The second kappa shape index (κ2) is 6.47. The Bertz CT molecular complexity index is 1000. The van der Waals surface area contributed by atoms with Crippen molar-refractivity contribution in [3.05, 3.63) is 51.4 Å². The normalized spacial score (nSPS) is 14.1. The third kappa shape index (κ3) is 2.90. The molecule has 1 aromatic carbocycles. The highest BCUT2D eigenvalue weighted by atomic mass is 35.5. The molecule has 1 N–H and O–H groups in total. The summed E-state index contributed by atoms with van der Waals surface area (Å²) in [6.07, 6.45) is 1.34. The van der Waals surface area contributed by atoms with Crippen LogP contribution in [0.3, 0.4) is 0 Å². The van der Waals surface area contributed by atoms with E-state index in [4.69, 9.17) is 11.6 Å². The van der Waals surface area contributed by atoms with Gasteiger partial charge in [-0.1, -0.05) is 11.6 Å². The lowest BCUT2D eigenvalue weighted by molar-refractivity contribution is -0.132.